The lowest BCUT2D eigenvalue weighted by molar-refractivity contribution is 0.722. The highest BCUT2D eigenvalue weighted by atomic mass is 32.1. The number of benzene rings is 1. The van der Waals surface area contributed by atoms with Crippen molar-refractivity contribution in [3.05, 3.63) is 35.9 Å². The van der Waals surface area contributed by atoms with E-state index in [1.54, 1.807) is 0 Å². The Morgan fingerprint density at radius 3 is 2.62 bits per heavy atom. The second-order valence-electron chi connectivity index (χ2n) is 3.06. The Balaban J connectivity index is 2.49. The molecule has 3 N–H and O–H groups in total. The van der Waals surface area contributed by atoms with Gasteiger partial charge in [-0.25, -0.2) is 0 Å². The molecule has 0 amide bonds. The van der Waals surface area contributed by atoms with E-state index in [-0.39, 0.29) is 0 Å². The fourth-order valence-corrected chi connectivity index (χ4v) is 1.24. The molecule has 0 aliphatic carbocycles. The minimum atomic E-state index is 0.364. The third-order valence-electron chi connectivity index (χ3n) is 1.95. The van der Waals surface area contributed by atoms with Crippen molar-refractivity contribution in [1.82, 2.24) is 5.32 Å². The average molecular weight is 194 g/mol. The van der Waals surface area contributed by atoms with E-state index in [1.807, 2.05) is 18.2 Å². The van der Waals surface area contributed by atoms with Crippen molar-refractivity contribution >= 4 is 17.3 Å². The molecule has 0 fully saturated rings. The molecule has 3 heteroatoms. The number of hydrogen-bond donors (Lipinski definition) is 2. The Labute approximate surface area is 84.1 Å². The van der Waals surface area contributed by atoms with E-state index in [0.717, 1.165) is 6.54 Å². The molecule has 1 aromatic carbocycles. The first kappa shape index (κ1) is 9.99. The predicted molar refractivity (Wildman–Crippen MR) is 59.6 cm³/mol. The maximum absolute atomic E-state index is 5.34. The minimum absolute atomic E-state index is 0.364. The zero-order valence-electron chi connectivity index (χ0n) is 7.66. The van der Waals surface area contributed by atoms with Gasteiger partial charge in [-0.2, -0.15) is 0 Å². The van der Waals surface area contributed by atoms with Crippen LogP contribution in [0.3, 0.4) is 0 Å². The first-order valence-corrected chi connectivity index (χ1v) is 4.69. The summed E-state index contributed by atoms with van der Waals surface area (Å²) in [6, 6.07) is 10.3. The molecule has 0 radical (unpaired) electrons. The highest BCUT2D eigenvalue weighted by Gasteiger charge is 2.03. The molecule has 1 aromatic rings. The quantitative estimate of drug-likeness (QED) is 0.718. The van der Waals surface area contributed by atoms with Crippen molar-refractivity contribution in [1.29, 1.82) is 0 Å². The smallest absolute Gasteiger partial charge is 0.163 e. The van der Waals surface area contributed by atoms with Crippen LogP contribution in [0.15, 0.2) is 30.3 Å². The fraction of sp³-hybridized carbons (Fsp3) is 0.300. The molecule has 0 spiro atoms. The summed E-state index contributed by atoms with van der Waals surface area (Å²) in [5.74, 6) is 0.433. The Kier molecular flexibility index (Phi) is 3.71. The van der Waals surface area contributed by atoms with Crippen molar-refractivity contribution in [2.45, 2.75) is 12.8 Å². The minimum Gasteiger partial charge on any atom is -0.376 e. The monoisotopic (exact) mass is 194 g/mol. The Morgan fingerprint density at radius 2 is 2.08 bits per heavy atom. The van der Waals surface area contributed by atoms with E-state index < -0.39 is 0 Å². The first-order chi connectivity index (χ1) is 6.20. The van der Waals surface area contributed by atoms with E-state index >= 15 is 0 Å². The van der Waals surface area contributed by atoms with Crippen LogP contribution in [0.2, 0.25) is 0 Å². The molecule has 0 saturated carbocycles. The summed E-state index contributed by atoms with van der Waals surface area (Å²) in [4.78, 5) is 0. The topological polar surface area (TPSA) is 38.0 Å². The van der Waals surface area contributed by atoms with Gasteiger partial charge in [0.1, 0.15) is 0 Å². The Bertz CT molecular complexity index is 272. The van der Waals surface area contributed by atoms with Crippen molar-refractivity contribution in [3.63, 3.8) is 0 Å². The van der Waals surface area contributed by atoms with Crippen LogP contribution in [-0.2, 0) is 0 Å². The predicted octanol–water partition coefficient (Wildman–Crippen LogP) is 1.62. The van der Waals surface area contributed by atoms with Crippen LogP contribution in [0, 0.1) is 0 Å². The number of thiocarbonyl (C=S) groups is 1. The molecule has 0 saturated heterocycles. The lowest BCUT2D eigenvalue weighted by Crippen LogP contribution is -2.32. The number of nitrogens with two attached hydrogens (primary N) is 1. The van der Waals surface area contributed by atoms with Gasteiger partial charge in [-0.3, -0.25) is 0 Å². The van der Waals surface area contributed by atoms with E-state index in [0.29, 0.717) is 11.0 Å². The van der Waals surface area contributed by atoms with Crippen molar-refractivity contribution in [2.75, 3.05) is 6.54 Å². The van der Waals surface area contributed by atoms with Crippen LogP contribution in [-0.4, -0.2) is 11.7 Å². The zero-order valence-corrected chi connectivity index (χ0v) is 8.47. The summed E-state index contributed by atoms with van der Waals surface area (Å²) in [6.45, 7) is 2.93. The largest absolute Gasteiger partial charge is 0.376 e. The Morgan fingerprint density at radius 1 is 1.46 bits per heavy atom. The maximum Gasteiger partial charge on any atom is 0.163 e. The van der Waals surface area contributed by atoms with Crippen molar-refractivity contribution in [3.8, 4) is 0 Å². The standard InChI is InChI=1S/C10H14N2S/c1-8(7-12-10(11)13)9-5-3-2-4-6-9/h2-6,8H,7H2,1H3,(H3,11,12,13)/t8-/m0/s1. The van der Waals surface area contributed by atoms with Gasteiger partial charge in [0, 0.05) is 6.54 Å². The van der Waals surface area contributed by atoms with Gasteiger partial charge in [0.15, 0.2) is 5.11 Å². The van der Waals surface area contributed by atoms with Crippen LogP contribution in [0.1, 0.15) is 18.4 Å². The van der Waals surface area contributed by atoms with Gasteiger partial charge in [-0.05, 0) is 23.7 Å². The second-order valence-corrected chi connectivity index (χ2v) is 3.50. The molecule has 1 rings (SSSR count). The van der Waals surface area contributed by atoms with E-state index in [1.165, 1.54) is 5.56 Å². The summed E-state index contributed by atoms with van der Waals surface area (Å²) in [5.41, 5.74) is 6.64. The molecule has 70 valence electrons. The van der Waals surface area contributed by atoms with Gasteiger partial charge in [0.2, 0.25) is 0 Å². The summed E-state index contributed by atoms with van der Waals surface area (Å²) in [7, 11) is 0. The fourth-order valence-electron chi connectivity index (χ4n) is 1.15. The normalized spacial score (nSPS) is 12.1. The number of nitrogens with one attached hydrogen (secondary N) is 1. The molecule has 0 aliphatic heterocycles. The highest BCUT2D eigenvalue weighted by Crippen LogP contribution is 2.12. The van der Waals surface area contributed by atoms with Gasteiger partial charge < -0.3 is 11.1 Å². The van der Waals surface area contributed by atoms with Crippen LogP contribution in [0.5, 0.6) is 0 Å². The summed E-state index contributed by atoms with van der Waals surface area (Å²) < 4.78 is 0. The lowest BCUT2D eigenvalue weighted by Gasteiger charge is -2.12. The van der Waals surface area contributed by atoms with Gasteiger partial charge >= 0.3 is 0 Å². The van der Waals surface area contributed by atoms with Crippen LogP contribution in [0.25, 0.3) is 0 Å². The third-order valence-corrected chi connectivity index (χ3v) is 2.10. The van der Waals surface area contributed by atoms with Crippen LogP contribution < -0.4 is 11.1 Å². The van der Waals surface area contributed by atoms with E-state index in [4.69, 9.17) is 18.0 Å². The first-order valence-electron chi connectivity index (χ1n) is 4.28. The van der Waals surface area contributed by atoms with E-state index in [2.05, 4.69) is 24.4 Å². The molecule has 0 heterocycles. The molecule has 0 aliphatic rings. The van der Waals surface area contributed by atoms with Gasteiger partial charge in [-0.1, -0.05) is 37.3 Å². The highest BCUT2D eigenvalue weighted by molar-refractivity contribution is 7.80. The molecule has 0 bridgehead atoms. The summed E-state index contributed by atoms with van der Waals surface area (Å²) in [5, 5.41) is 3.32. The van der Waals surface area contributed by atoms with Crippen molar-refractivity contribution in [2.24, 2.45) is 5.73 Å². The van der Waals surface area contributed by atoms with Gasteiger partial charge in [0.05, 0.1) is 0 Å². The number of rotatable bonds is 3. The SMILES string of the molecule is C[C@@H](CNC(N)=S)c1ccccc1. The molecule has 2 nitrogen and oxygen atoms in total. The maximum atomic E-state index is 5.34. The van der Waals surface area contributed by atoms with Gasteiger partial charge in [0.25, 0.3) is 0 Å². The Hall–Kier alpha value is -1.09. The van der Waals surface area contributed by atoms with Crippen LogP contribution in [0.4, 0.5) is 0 Å². The zero-order chi connectivity index (χ0) is 9.68. The van der Waals surface area contributed by atoms with E-state index in [9.17, 15) is 0 Å². The molecule has 1 atom stereocenters. The molecule has 13 heavy (non-hydrogen) atoms. The second kappa shape index (κ2) is 4.82. The summed E-state index contributed by atoms with van der Waals surface area (Å²) >= 11 is 4.73. The average Bonchev–Trinajstić information content (AvgIpc) is 2.15. The van der Waals surface area contributed by atoms with Crippen molar-refractivity contribution < 1.29 is 0 Å². The van der Waals surface area contributed by atoms with Gasteiger partial charge in [-0.15, -0.1) is 0 Å². The summed E-state index contributed by atoms with van der Waals surface area (Å²) in [6.07, 6.45) is 0. The molecule has 0 unspecified atom stereocenters. The van der Waals surface area contributed by atoms with Crippen LogP contribution >= 0.6 is 12.2 Å². The lowest BCUT2D eigenvalue weighted by atomic mass is 10.0. The number of hydrogen-bond acceptors (Lipinski definition) is 1. The third kappa shape index (κ3) is 3.42. The molecular weight excluding hydrogens is 180 g/mol. The molecule has 0 aromatic heterocycles. The molecular formula is C10H14N2S.